The zero-order valence-corrected chi connectivity index (χ0v) is 15.9. The van der Waals surface area contributed by atoms with E-state index in [0.29, 0.717) is 22.8 Å². The molecule has 0 atom stereocenters. The van der Waals surface area contributed by atoms with Crippen LogP contribution in [0.1, 0.15) is 5.56 Å². The Kier molecular flexibility index (Phi) is 5.48. The standard InChI is InChI=1S/C24H18FN3O2/c25-19-10-6-16(7-11-19)14-22(30)28-24-23(18-4-2-1-3-5-18)27-21(15-26-24)17-8-12-20(29)13-9-17/h1-13,15,29H,14H2,(H,26,28,30). The van der Waals surface area contributed by atoms with Crippen molar-refractivity contribution in [3.63, 3.8) is 0 Å². The molecule has 0 spiro atoms. The predicted molar refractivity (Wildman–Crippen MR) is 113 cm³/mol. The van der Waals surface area contributed by atoms with Crippen LogP contribution < -0.4 is 5.32 Å². The SMILES string of the molecule is O=C(Cc1ccc(F)cc1)Nc1ncc(-c2ccc(O)cc2)nc1-c1ccccc1. The highest BCUT2D eigenvalue weighted by Gasteiger charge is 2.14. The van der Waals surface area contributed by atoms with Crippen LogP contribution in [0.15, 0.2) is 85.1 Å². The van der Waals surface area contributed by atoms with Gasteiger partial charge in [-0.15, -0.1) is 0 Å². The largest absolute Gasteiger partial charge is 0.508 e. The summed E-state index contributed by atoms with van der Waals surface area (Å²) in [7, 11) is 0. The molecule has 148 valence electrons. The lowest BCUT2D eigenvalue weighted by atomic mass is 10.1. The second-order valence-corrected chi connectivity index (χ2v) is 6.72. The molecule has 1 aromatic heterocycles. The fourth-order valence-corrected chi connectivity index (χ4v) is 3.01. The molecule has 5 nitrogen and oxygen atoms in total. The lowest BCUT2D eigenvalue weighted by Crippen LogP contribution is -2.16. The van der Waals surface area contributed by atoms with E-state index >= 15 is 0 Å². The number of nitrogens with one attached hydrogen (secondary N) is 1. The molecule has 0 saturated heterocycles. The third-order valence-corrected chi connectivity index (χ3v) is 4.52. The molecule has 4 rings (SSSR count). The van der Waals surface area contributed by atoms with Gasteiger partial charge in [0.2, 0.25) is 5.91 Å². The van der Waals surface area contributed by atoms with Crippen molar-refractivity contribution < 1.29 is 14.3 Å². The van der Waals surface area contributed by atoms with Crippen LogP contribution in [0.4, 0.5) is 10.2 Å². The molecule has 0 bridgehead atoms. The summed E-state index contributed by atoms with van der Waals surface area (Å²) in [5, 5.41) is 12.3. The van der Waals surface area contributed by atoms with Gasteiger partial charge < -0.3 is 10.4 Å². The lowest BCUT2D eigenvalue weighted by Gasteiger charge is -2.12. The van der Waals surface area contributed by atoms with E-state index < -0.39 is 0 Å². The first-order valence-corrected chi connectivity index (χ1v) is 9.34. The van der Waals surface area contributed by atoms with E-state index in [1.807, 2.05) is 30.3 Å². The van der Waals surface area contributed by atoms with Crippen molar-refractivity contribution in [3.8, 4) is 28.3 Å². The zero-order valence-electron chi connectivity index (χ0n) is 15.9. The summed E-state index contributed by atoms with van der Waals surface area (Å²) in [6, 6.07) is 21.9. The van der Waals surface area contributed by atoms with Gasteiger partial charge in [-0.2, -0.15) is 0 Å². The third kappa shape index (κ3) is 4.50. The van der Waals surface area contributed by atoms with Gasteiger partial charge in [-0.3, -0.25) is 4.79 Å². The minimum absolute atomic E-state index is 0.0932. The number of aromatic hydroxyl groups is 1. The van der Waals surface area contributed by atoms with Gasteiger partial charge in [0.05, 0.1) is 18.3 Å². The Morgan fingerprint density at radius 3 is 2.30 bits per heavy atom. The van der Waals surface area contributed by atoms with Crippen molar-refractivity contribution >= 4 is 11.7 Å². The summed E-state index contributed by atoms with van der Waals surface area (Å²) >= 11 is 0. The van der Waals surface area contributed by atoms with Crippen LogP contribution >= 0.6 is 0 Å². The van der Waals surface area contributed by atoms with E-state index in [2.05, 4.69) is 10.3 Å². The molecular formula is C24H18FN3O2. The molecule has 0 aliphatic heterocycles. The van der Waals surface area contributed by atoms with Crippen molar-refractivity contribution in [2.75, 3.05) is 5.32 Å². The maximum Gasteiger partial charge on any atom is 0.230 e. The first kappa shape index (κ1) is 19.3. The molecule has 0 aliphatic rings. The van der Waals surface area contributed by atoms with Crippen LogP contribution in [-0.4, -0.2) is 21.0 Å². The number of carbonyl (C=O) groups is 1. The van der Waals surface area contributed by atoms with E-state index in [4.69, 9.17) is 4.98 Å². The molecule has 0 radical (unpaired) electrons. The van der Waals surface area contributed by atoms with Gasteiger partial charge in [-0.05, 0) is 42.0 Å². The number of anilines is 1. The summed E-state index contributed by atoms with van der Waals surface area (Å²) in [5.74, 6) is -0.109. The fraction of sp³-hybridized carbons (Fsp3) is 0.0417. The minimum Gasteiger partial charge on any atom is -0.508 e. The lowest BCUT2D eigenvalue weighted by molar-refractivity contribution is -0.115. The number of hydrogen-bond acceptors (Lipinski definition) is 4. The van der Waals surface area contributed by atoms with Gasteiger partial charge in [0, 0.05) is 11.1 Å². The zero-order chi connectivity index (χ0) is 20.9. The molecule has 1 amide bonds. The van der Waals surface area contributed by atoms with Crippen LogP contribution in [0.5, 0.6) is 5.75 Å². The Balaban J connectivity index is 1.65. The first-order chi connectivity index (χ1) is 14.6. The number of amides is 1. The van der Waals surface area contributed by atoms with Crippen LogP contribution in [-0.2, 0) is 11.2 Å². The van der Waals surface area contributed by atoms with Crippen molar-refractivity contribution in [1.29, 1.82) is 0 Å². The number of phenols is 1. The number of phenolic OH excluding ortho intramolecular Hbond substituents is 1. The Morgan fingerprint density at radius 2 is 1.60 bits per heavy atom. The normalized spacial score (nSPS) is 10.6. The number of carbonyl (C=O) groups excluding carboxylic acids is 1. The number of nitrogens with zero attached hydrogens (tertiary/aromatic N) is 2. The van der Waals surface area contributed by atoms with Crippen molar-refractivity contribution in [3.05, 3.63) is 96.4 Å². The molecule has 0 unspecified atom stereocenters. The smallest absolute Gasteiger partial charge is 0.230 e. The van der Waals surface area contributed by atoms with E-state index in [0.717, 1.165) is 11.1 Å². The van der Waals surface area contributed by atoms with Crippen LogP contribution in [0.25, 0.3) is 22.5 Å². The first-order valence-electron chi connectivity index (χ1n) is 9.34. The van der Waals surface area contributed by atoms with Gasteiger partial charge in [0.1, 0.15) is 17.3 Å². The number of aromatic nitrogens is 2. The van der Waals surface area contributed by atoms with Gasteiger partial charge in [0.15, 0.2) is 5.82 Å². The Hall–Kier alpha value is -4.06. The average molecular weight is 399 g/mol. The minimum atomic E-state index is -0.346. The topological polar surface area (TPSA) is 75.1 Å². The highest BCUT2D eigenvalue weighted by Crippen LogP contribution is 2.28. The second-order valence-electron chi connectivity index (χ2n) is 6.72. The molecule has 0 aliphatic carbocycles. The molecule has 4 aromatic rings. The molecule has 1 heterocycles. The average Bonchev–Trinajstić information content (AvgIpc) is 2.77. The third-order valence-electron chi connectivity index (χ3n) is 4.52. The molecule has 2 N–H and O–H groups in total. The number of rotatable bonds is 5. The molecule has 0 saturated carbocycles. The highest BCUT2D eigenvalue weighted by molar-refractivity contribution is 5.94. The summed E-state index contributed by atoms with van der Waals surface area (Å²) in [6.45, 7) is 0. The Bertz CT molecular complexity index is 1160. The predicted octanol–water partition coefficient (Wildman–Crippen LogP) is 4.84. The maximum absolute atomic E-state index is 13.1. The van der Waals surface area contributed by atoms with Gasteiger partial charge in [-0.1, -0.05) is 42.5 Å². The van der Waals surface area contributed by atoms with Crippen molar-refractivity contribution in [2.24, 2.45) is 0 Å². The molecular weight excluding hydrogens is 381 g/mol. The summed E-state index contributed by atoms with van der Waals surface area (Å²) in [5.41, 5.74) is 3.45. The monoisotopic (exact) mass is 399 g/mol. The van der Waals surface area contributed by atoms with Crippen molar-refractivity contribution in [2.45, 2.75) is 6.42 Å². The van der Waals surface area contributed by atoms with E-state index in [1.54, 1.807) is 42.6 Å². The van der Waals surface area contributed by atoms with Gasteiger partial charge in [-0.25, -0.2) is 14.4 Å². The number of halogens is 1. The van der Waals surface area contributed by atoms with Crippen LogP contribution in [0, 0.1) is 5.82 Å². The second kappa shape index (κ2) is 8.53. The fourth-order valence-electron chi connectivity index (χ4n) is 3.01. The summed E-state index contributed by atoms with van der Waals surface area (Å²) < 4.78 is 13.1. The van der Waals surface area contributed by atoms with Gasteiger partial charge >= 0.3 is 0 Å². The summed E-state index contributed by atoms with van der Waals surface area (Å²) in [4.78, 5) is 21.7. The van der Waals surface area contributed by atoms with E-state index in [1.165, 1.54) is 12.1 Å². The number of benzene rings is 3. The molecule has 3 aromatic carbocycles. The Labute approximate surface area is 172 Å². The molecule has 30 heavy (non-hydrogen) atoms. The van der Waals surface area contributed by atoms with E-state index in [-0.39, 0.29) is 23.9 Å². The van der Waals surface area contributed by atoms with Crippen LogP contribution in [0.2, 0.25) is 0 Å². The van der Waals surface area contributed by atoms with Gasteiger partial charge in [0.25, 0.3) is 0 Å². The highest BCUT2D eigenvalue weighted by atomic mass is 19.1. The molecule has 0 fully saturated rings. The van der Waals surface area contributed by atoms with E-state index in [9.17, 15) is 14.3 Å². The van der Waals surface area contributed by atoms with Crippen LogP contribution in [0.3, 0.4) is 0 Å². The number of hydrogen-bond donors (Lipinski definition) is 2. The Morgan fingerprint density at radius 1 is 0.900 bits per heavy atom. The molecule has 6 heteroatoms. The summed E-state index contributed by atoms with van der Waals surface area (Å²) in [6.07, 6.45) is 1.67. The maximum atomic E-state index is 13.1. The van der Waals surface area contributed by atoms with Crippen molar-refractivity contribution in [1.82, 2.24) is 9.97 Å². The quantitative estimate of drug-likeness (QED) is 0.504.